The van der Waals surface area contributed by atoms with Crippen LogP contribution >= 0.6 is 0 Å². The van der Waals surface area contributed by atoms with E-state index in [2.05, 4.69) is 20.5 Å². The van der Waals surface area contributed by atoms with Crippen molar-refractivity contribution in [1.82, 2.24) is 15.2 Å². The second-order valence-electron chi connectivity index (χ2n) is 6.99. The van der Waals surface area contributed by atoms with E-state index in [1.54, 1.807) is 54.6 Å². The molecule has 0 unspecified atom stereocenters. The van der Waals surface area contributed by atoms with Crippen molar-refractivity contribution in [3.63, 3.8) is 0 Å². The second-order valence-corrected chi connectivity index (χ2v) is 8.55. The minimum Gasteiger partial charge on any atom is -0.459 e. The summed E-state index contributed by atoms with van der Waals surface area (Å²) < 4.78 is 33.7. The van der Waals surface area contributed by atoms with E-state index in [0.717, 1.165) is 0 Å². The molecule has 164 valence electrons. The Bertz CT molecular complexity index is 1580. The highest BCUT2D eigenvalue weighted by molar-refractivity contribution is 7.89. The number of hydrogen-bond donors (Lipinski definition) is 2. The zero-order chi connectivity index (χ0) is 23.0. The first-order valence-corrected chi connectivity index (χ1v) is 11.1. The Labute approximate surface area is 187 Å². The number of nitrogens with one attached hydrogen (secondary N) is 1. The van der Waals surface area contributed by atoms with E-state index in [-0.39, 0.29) is 16.8 Å². The van der Waals surface area contributed by atoms with Crippen molar-refractivity contribution in [3.05, 3.63) is 78.6 Å². The quantitative estimate of drug-likeness (QED) is 0.403. The molecule has 0 saturated heterocycles. The molecule has 0 aliphatic rings. The fraction of sp³-hybridized carbons (Fsp3) is 0. The Morgan fingerprint density at radius 2 is 1.76 bits per heavy atom. The average molecular weight is 461 g/mol. The first-order valence-electron chi connectivity index (χ1n) is 9.60. The molecule has 11 heteroatoms. The fourth-order valence-electron chi connectivity index (χ4n) is 3.26. The first-order chi connectivity index (χ1) is 15.9. The topological polar surface area (TPSA) is 154 Å². The van der Waals surface area contributed by atoms with Gasteiger partial charge >= 0.3 is 6.01 Å². The number of aromatic nitrogens is 3. The molecule has 0 atom stereocenters. The van der Waals surface area contributed by atoms with Gasteiger partial charge in [0.2, 0.25) is 10.0 Å². The van der Waals surface area contributed by atoms with Gasteiger partial charge in [0.25, 0.3) is 11.8 Å². The lowest BCUT2D eigenvalue weighted by atomic mass is 10.0. The summed E-state index contributed by atoms with van der Waals surface area (Å²) in [6.07, 6.45) is 1.47. The highest BCUT2D eigenvalue weighted by atomic mass is 32.2. The van der Waals surface area contributed by atoms with E-state index < -0.39 is 15.9 Å². The van der Waals surface area contributed by atoms with Gasteiger partial charge < -0.3 is 8.83 Å². The number of hydrogen-bond acceptors (Lipinski definition) is 8. The molecule has 0 spiro atoms. The summed E-state index contributed by atoms with van der Waals surface area (Å²) in [7, 11) is -3.82. The number of carbonyl (C=O) groups is 1. The molecule has 3 aromatic heterocycles. The molecule has 5 aromatic rings. The number of anilines is 1. The van der Waals surface area contributed by atoms with Gasteiger partial charge in [-0.05, 0) is 36.4 Å². The van der Waals surface area contributed by atoms with Gasteiger partial charge in [0.15, 0.2) is 5.76 Å². The van der Waals surface area contributed by atoms with Crippen LogP contribution < -0.4 is 10.5 Å². The number of nitrogens with zero attached hydrogens (tertiary/aromatic N) is 3. The van der Waals surface area contributed by atoms with Crippen LogP contribution in [0.5, 0.6) is 0 Å². The number of pyridine rings is 1. The number of rotatable bonds is 5. The van der Waals surface area contributed by atoms with Gasteiger partial charge in [-0.15, -0.1) is 5.10 Å². The number of nitrogens with two attached hydrogens (primary N) is 1. The Balaban J connectivity index is 1.51. The maximum absolute atomic E-state index is 13.1. The summed E-state index contributed by atoms with van der Waals surface area (Å²) in [6.45, 7) is 0. The fourth-order valence-corrected chi connectivity index (χ4v) is 3.78. The summed E-state index contributed by atoms with van der Waals surface area (Å²) in [5.74, 6) is 0.0266. The van der Waals surface area contributed by atoms with E-state index in [0.29, 0.717) is 33.5 Å². The maximum atomic E-state index is 13.1. The first kappa shape index (κ1) is 20.5. The lowest BCUT2D eigenvalue weighted by Crippen LogP contribution is -2.13. The van der Waals surface area contributed by atoms with Gasteiger partial charge in [-0.3, -0.25) is 10.1 Å². The van der Waals surface area contributed by atoms with Crippen molar-refractivity contribution in [2.75, 3.05) is 5.32 Å². The van der Waals surface area contributed by atoms with E-state index in [1.807, 2.05) is 0 Å². The van der Waals surface area contributed by atoms with E-state index in [9.17, 15) is 13.2 Å². The summed E-state index contributed by atoms with van der Waals surface area (Å²) in [5, 5.41) is 16.1. The molecule has 0 radical (unpaired) electrons. The van der Waals surface area contributed by atoms with Gasteiger partial charge in [0.1, 0.15) is 0 Å². The summed E-state index contributed by atoms with van der Waals surface area (Å²) in [5.41, 5.74) is 1.99. The van der Waals surface area contributed by atoms with Crippen molar-refractivity contribution >= 4 is 32.8 Å². The van der Waals surface area contributed by atoms with Gasteiger partial charge in [0.05, 0.1) is 27.9 Å². The van der Waals surface area contributed by atoms with Crippen LogP contribution in [0.3, 0.4) is 0 Å². The molecule has 3 N–H and O–H groups in total. The van der Waals surface area contributed by atoms with Crippen LogP contribution in [0.25, 0.3) is 33.8 Å². The van der Waals surface area contributed by atoms with Gasteiger partial charge in [-0.2, -0.15) is 0 Å². The van der Waals surface area contributed by atoms with Gasteiger partial charge in [-0.1, -0.05) is 35.4 Å². The molecule has 0 fully saturated rings. The molecule has 0 saturated carbocycles. The van der Waals surface area contributed by atoms with Crippen molar-refractivity contribution < 1.29 is 22.0 Å². The van der Waals surface area contributed by atoms with Crippen LogP contribution in [0, 0.1) is 0 Å². The molecule has 0 aliphatic carbocycles. The number of para-hydroxylation sites is 1. The Morgan fingerprint density at radius 1 is 0.970 bits per heavy atom. The largest absolute Gasteiger partial charge is 0.459 e. The number of amides is 1. The molecule has 0 aliphatic heterocycles. The summed E-state index contributed by atoms with van der Waals surface area (Å²) >= 11 is 0. The standard InChI is InChI=1S/C22H15N5O5S/c23-33(29,30)14-9-7-13(8-10-14)18-12-16(15-4-1-2-5-17(15)24-18)20(28)25-22-27-26-21(32-22)19-6-3-11-31-19/h1-12H,(H2,23,29,30)(H,25,27,28). The lowest BCUT2D eigenvalue weighted by Gasteiger charge is -2.09. The minimum absolute atomic E-state index is 0.0197. The maximum Gasteiger partial charge on any atom is 0.322 e. The zero-order valence-corrected chi connectivity index (χ0v) is 17.6. The number of carbonyl (C=O) groups excluding carboxylic acids is 1. The lowest BCUT2D eigenvalue weighted by molar-refractivity contribution is 0.102. The number of fused-ring (bicyclic) bond motifs is 1. The molecule has 10 nitrogen and oxygen atoms in total. The molecule has 5 rings (SSSR count). The highest BCUT2D eigenvalue weighted by Gasteiger charge is 2.18. The Kier molecular flexibility index (Phi) is 4.96. The number of furan rings is 1. The molecular formula is C22H15N5O5S. The van der Waals surface area contributed by atoms with Crippen LogP contribution in [0.2, 0.25) is 0 Å². The number of sulfonamides is 1. The third-order valence-electron chi connectivity index (χ3n) is 4.82. The van der Waals surface area contributed by atoms with Crippen LogP contribution in [0.4, 0.5) is 6.01 Å². The predicted octanol–water partition coefficient (Wildman–Crippen LogP) is 3.44. The molecule has 3 heterocycles. The third kappa shape index (κ3) is 4.10. The van der Waals surface area contributed by atoms with E-state index in [4.69, 9.17) is 14.0 Å². The third-order valence-corrected chi connectivity index (χ3v) is 5.75. The molecule has 33 heavy (non-hydrogen) atoms. The Hall–Kier alpha value is -4.35. The SMILES string of the molecule is NS(=O)(=O)c1ccc(-c2cc(C(=O)Nc3nnc(-c4ccco4)o3)c3ccccc3n2)cc1. The van der Waals surface area contributed by atoms with Crippen LogP contribution in [-0.4, -0.2) is 29.5 Å². The summed E-state index contributed by atoms with van der Waals surface area (Å²) in [6, 6.07) is 17.9. The smallest absolute Gasteiger partial charge is 0.322 e. The molecule has 2 aromatic carbocycles. The van der Waals surface area contributed by atoms with Gasteiger partial charge in [0, 0.05) is 10.9 Å². The predicted molar refractivity (Wildman–Crippen MR) is 119 cm³/mol. The minimum atomic E-state index is -3.82. The van der Waals surface area contributed by atoms with Crippen LogP contribution in [0.1, 0.15) is 10.4 Å². The van der Waals surface area contributed by atoms with Crippen molar-refractivity contribution in [3.8, 4) is 22.9 Å². The average Bonchev–Trinajstić information content (AvgIpc) is 3.50. The van der Waals surface area contributed by atoms with E-state index >= 15 is 0 Å². The van der Waals surface area contributed by atoms with Crippen LogP contribution in [-0.2, 0) is 10.0 Å². The molecule has 1 amide bonds. The van der Waals surface area contributed by atoms with Crippen molar-refractivity contribution in [1.29, 1.82) is 0 Å². The highest BCUT2D eigenvalue weighted by Crippen LogP contribution is 2.27. The normalized spacial score (nSPS) is 11.5. The number of primary sulfonamides is 1. The van der Waals surface area contributed by atoms with Gasteiger partial charge in [-0.25, -0.2) is 18.5 Å². The Morgan fingerprint density at radius 3 is 2.48 bits per heavy atom. The van der Waals surface area contributed by atoms with Crippen LogP contribution in [0.15, 0.2) is 86.7 Å². The second kappa shape index (κ2) is 7.97. The number of benzene rings is 2. The summed E-state index contributed by atoms with van der Waals surface area (Å²) in [4.78, 5) is 17.7. The molecular weight excluding hydrogens is 446 g/mol. The van der Waals surface area contributed by atoms with Crippen molar-refractivity contribution in [2.24, 2.45) is 5.14 Å². The monoisotopic (exact) mass is 461 g/mol. The zero-order valence-electron chi connectivity index (χ0n) is 16.8. The van der Waals surface area contributed by atoms with Crippen molar-refractivity contribution in [2.45, 2.75) is 4.90 Å². The van der Waals surface area contributed by atoms with E-state index in [1.165, 1.54) is 18.4 Å². The molecule has 0 bridgehead atoms.